The number of rotatable bonds is 6. The molecule has 7 heteroatoms. The van der Waals surface area contributed by atoms with Crippen molar-refractivity contribution in [3.05, 3.63) is 59.2 Å². The Morgan fingerprint density at radius 2 is 1.76 bits per heavy atom. The van der Waals surface area contributed by atoms with Crippen LogP contribution in [0.5, 0.6) is 5.75 Å². The van der Waals surface area contributed by atoms with Crippen LogP contribution in [0.2, 0.25) is 0 Å². The minimum atomic E-state index is -1.15. The van der Waals surface area contributed by atoms with Gasteiger partial charge in [-0.25, -0.2) is 4.79 Å². The molecule has 0 saturated carbocycles. The van der Waals surface area contributed by atoms with E-state index in [1.807, 2.05) is 50.2 Å². The van der Waals surface area contributed by atoms with Gasteiger partial charge in [0.05, 0.1) is 7.11 Å². The molecule has 0 bridgehead atoms. The van der Waals surface area contributed by atoms with E-state index in [1.165, 1.54) is 0 Å². The largest absolute Gasteiger partial charge is 0.496 e. The lowest BCUT2D eigenvalue weighted by molar-refractivity contribution is -0.133. The summed E-state index contributed by atoms with van der Waals surface area (Å²) in [6.07, 6.45) is 0.261. The lowest BCUT2D eigenvalue weighted by atomic mass is 9.92. The van der Waals surface area contributed by atoms with Gasteiger partial charge in [-0.3, -0.25) is 14.5 Å². The standard InChI is InChI=1S/C22H25N3O4/c1-14-8-7-9-15(2)19(14)23-18(26)13-25-20(27)22(3,24-21(25)28)12-16-10-5-6-11-17(16)29-4/h5-11H,12-13H2,1-4H3,(H,23,26)(H,24,28)/t22-/m0/s1. The van der Waals surface area contributed by atoms with Crippen LogP contribution in [0.25, 0.3) is 0 Å². The van der Waals surface area contributed by atoms with Gasteiger partial charge in [-0.1, -0.05) is 36.4 Å². The van der Waals surface area contributed by atoms with E-state index in [0.717, 1.165) is 21.6 Å². The highest BCUT2D eigenvalue weighted by atomic mass is 16.5. The Hall–Kier alpha value is -3.35. The topological polar surface area (TPSA) is 87.7 Å². The van der Waals surface area contributed by atoms with Gasteiger partial charge in [0.25, 0.3) is 5.91 Å². The van der Waals surface area contributed by atoms with Crippen molar-refractivity contribution in [2.24, 2.45) is 0 Å². The van der Waals surface area contributed by atoms with Crippen LogP contribution in [-0.2, 0) is 16.0 Å². The van der Waals surface area contributed by atoms with Crippen LogP contribution in [0.15, 0.2) is 42.5 Å². The summed E-state index contributed by atoms with van der Waals surface area (Å²) in [5.74, 6) is -0.223. The average molecular weight is 395 g/mol. The first-order valence-corrected chi connectivity index (χ1v) is 9.37. The number of ether oxygens (including phenoxy) is 1. The zero-order valence-electron chi connectivity index (χ0n) is 17.0. The molecular formula is C22H25N3O4. The van der Waals surface area contributed by atoms with Gasteiger partial charge in [-0.05, 0) is 43.5 Å². The molecule has 1 atom stereocenters. The molecule has 0 aliphatic carbocycles. The first-order valence-electron chi connectivity index (χ1n) is 9.37. The summed E-state index contributed by atoms with van der Waals surface area (Å²) < 4.78 is 5.34. The van der Waals surface area contributed by atoms with Crippen LogP contribution in [-0.4, -0.2) is 41.9 Å². The molecular weight excluding hydrogens is 370 g/mol. The monoisotopic (exact) mass is 395 g/mol. The second-order valence-electron chi connectivity index (χ2n) is 7.46. The number of urea groups is 1. The van der Waals surface area contributed by atoms with Gasteiger partial charge in [-0.2, -0.15) is 0 Å². The maximum absolute atomic E-state index is 13.0. The van der Waals surface area contributed by atoms with E-state index in [0.29, 0.717) is 11.4 Å². The molecule has 4 amide bonds. The van der Waals surface area contributed by atoms with Gasteiger partial charge >= 0.3 is 6.03 Å². The van der Waals surface area contributed by atoms with Crippen molar-refractivity contribution < 1.29 is 19.1 Å². The first kappa shape index (κ1) is 20.4. The van der Waals surface area contributed by atoms with E-state index >= 15 is 0 Å². The summed E-state index contributed by atoms with van der Waals surface area (Å²) in [4.78, 5) is 38.9. The zero-order valence-corrected chi connectivity index (χ0v) is 17.0. The van der Waals surface area contributed by atoms with Gasteiger partial charge in [0.15, 0.2) is 0 Å². The van der Waals surface area contributed by atoms with E-state index in [4.69, 9.17) is 4.74 Å². The second kappa shape index (κ2) is 7.95. The lowest BCUT2D eigenvalue weighted by Crippen LogP contribution is -2.46. The maximum Gasteiger partial charge on any atom is 0.325 e. The molecule has 2 aromatic carbocycles. The van der Waals surface area contributed by atoms with Crippen molar-refractivity contribution in [2.45, 2.75) is 32.7 Å². The Morgan fingerprint density at radius 3 is 2.41 bits per heavy atom. The second-order valence-corrected chi connectivity index (χ2v) is 7.46. The van der Waals surface area contributed by atoms with E-state index < -0.39 is 23.4 Å². The van der Waals surface area contributed by atoms with Crippen molar-refractivity contribution in [3.63, 3.8) is 0 Å². The molecule has 1 heterocycles. The van der Waals surface area contributed by atoms with Crippen LogP contribution in [0, 0.1) is 13.8 Å². The summed E-state index contributed by atoms with van der Waals surface area (Å²) in [5.41, 5.74) is 2.17. The van der Waals surface area contributed by atoms with Gasteiger partial charge in [-0.15, -0.1) is 0 Å². The van der Waals surface area contributed by atoms with Gasteiger partial charge < -0.3 is 15.4 Å². The number of hydrogen-bond acceptors (Lipinski definition) is 4. The number of hydrogen-bond donors (Lipinski definition) is 2. The first-order chi connectivity index (χ1) is 13.7. The molecule has 2 aromatic rings. The summed E-state index contributed by atoms with van der Waals surface area (Å²) in [6.45, 7) is 5.09. The summed E-state index contributed by atoms with van der Waals surface area (Å²) in [7, 11) is 1.56. The predicted molar refractivity (Wildman–Crippen MR) is 110 cm³/mol. The molecule has 1 aliphatic heterocycles. The van der Waals surface area contributed by atoms with Crippen LogP contribution >= 0.6 is 0 Å². The van der Waals surface area contributed by atoms with Gasteiger partial charge in [0.1, 0.15) is 17.8 Å². The molecule has 7 nitrogen and oxygen atoms in total. The minimum absolute atomic E-state index is 0.261. The van der Waals surface area contributed by atoms with Crippen LogP contribution in [0.1, 0.15) is 23.6 Å². The van der Waals surface area contributed by atoms with Crippen molar-refractivity contribution in [1.82, 2.24) is 10.2 Å². The fourth-order valence-corrected chi connectivity index (χ4v) is 3.57. The number of carbonyl (C=O) groups excluding carboxylic acids is 3. The molecule has 3 rings (SSSR count). The molecule has 0 radical (unpaired) electrons. The molecule has 1 saturated heterocycles. The number of nitrogens with zero attached hydrogens (tertiary/aromatic N) is 1. The van der Waals surface area contributed by atoms with E-state index in [1.54, 1.807) is 20.1 Å². The summed E-state index contributed by atoms with van der Waals surface area (Å²) >= 11 is 0. The highest BCUT2D eigenvalue weighted by Gasteiger charge is 2.48. The summed E-state index contributed by atoms with van der Waals surface area (Å²) in [6, 6.07) is 12.4. The van der Waals surface area contributed by atoms with Gasteiger partial charge in [0, 0.05) is 12.1 Å². The third kappa shape index (κ3) is 4.08. The van der Waals surface area contributed by atoms with Crippen LogP contribution < -0.4 is 15.4 Å². The van der Waals surface area contributed by atoms with E-state index in [2.05, 4.69) is 10.6 Å². The predicted octanol–water partition coefficient (Wildman–Crippen LogP) is 2.80. The van der Waals surface area contributed by atoms with E-state index in [9.17, 15) is 14.4 Å². The number of para-hydroxylation sites is 2. The Bertz CT molecular complexity index is 952. The Kier molecular flexibility index (Phi) is 5.59. The summed E-state index contributed by atoms with van der Waals surface area (Å²) in [5, 5.41) is 5.53. The smallest absolute Gasteiger partial charge is 0.325 e. The quantitative estimate of drug-likeness (QED) is 0.737. The van der Waals surface area contributed by atoms with Crippen LogP contribution in [0.3, 0.4) is 0 Å². The number of aryl methyl sites for hydroxylation is 2. The Labute approximate surface area is 170 Å². The molecule has 29 heavy (non-hydrogen) atoms. The number of nitrogens with one attached hydrogen (secondary N) is 2. The lowest BCUT2D eigenvalue weighted by Gasteiger charge is -2.23. The molecule has 1 aliphatic rings. The highest BCUT2D eigenvalue weighted by molar-refractivity contribution is 6.10. The normalized spacial score (nSPS) is 18.6. The molecule has 0 aromatic heterocycles. The molecule has 2 N–H and O–H groups in total. The number of imide groups is 1. The fraction of sp³-hybridized carbons (Fsp3) is 0.318. The number of benzene rings is 2. The third-order valence-corrected chi connectivity index (χ3v) is 5.13. The minimum Gasteiger partial charge on any atom is -0.496 e. The molecule has 152 valence electrons. The molecule has 1 fully saturated rings. The van der Waals surface area contributed by atoms with Crippen molar-refractivity contribution in [3.8, 4) is 5.75 Å². The average Bonchev–Trinajstić information content (AvgIpc) is 2.88. The van der Waals surface area contributed by atoms with Crippen molar-refractivity contribution in [1.29, 1.82) is 0 Å². The third-order valence-electron chi connectivity index (χ3n) is 5.13. The van der Waals surface area contributed by atoms with E-state index in [-0.39, 0.29) is 13.0 Å². The number of methoxy groups -OCH3 is 1. The SMILES string of the molecule is COc1ccccc1C[C@]1(C)NC(=O)N(CC(=O)Nc2c(C)cccc2C)C1=O. The van der Waals surface area contributed by atoms with Crippen molar-refractivity contribution >= 4 is 23.5 Å². The highest BCUT2D eigenvalue weighted by Crippen LogP contribution is 2.27. The maximum atomic E-state index is 13.0. The van der Waals surface area contributed by atoms with Crippen molar-refractivity contribution in [2.75, 3.05) is 19.0 Å². The van der Waals surface area contributed by atoms with Gasteiger partial charge in [0.2, 0.25) is 5.91 Å². The Balaban J connectivity index is 1.74. The molecule has 0 spiro atoms. The number of anilines is 1. The Morgan fingerprint density at radius 1 is 1.10 bits per heavy atom. The zero-order chi connectivity index (χ0) is 21.2. The van der Waals surface area contributed by atoms with Crippen LogP contribution in [0.4, 0.5) is 10.5 Å². The number of amides is 4. The fourth-order valence-electron chi connectivity index (χ4n) is 3.57. The molecule has 0 unspecified atom stereocenters. The number of carbonyl (C=O) groups is 3.